The summed E-state index contributed by atoms with van der Waals surface area (Å²) in [5.74, 6) is 0. The van der Waals surface area contributed by atoms with Gasteiger partial charge in [0.1, 0.15) is 0 Å². The molecular weight excluding hydrogens is 258 g/mol. The fourth-order valence-corrected chi connectivity index (χ4v) is 3.98. The molecule has 0 saturated carbocycles. The van der Waals surface area contributed by atoms with E-state index < -0.39 is 0 Å². The predicted molar refractivity (Wildman–Crippen MR) is 89.3 cm³/mol. The van der Waals surface area contributed by atoms with Crippen LogP contribution in [0.15, 0.2) is 18.2 Å². The minimum Gasteiger partial charge on any atom is -0.398 e. The molecule has 2 aliphatic rings. The van der Waals surface area contributed by atoms with E-state index in [2.05, 4.69) is 34.9 Å². The van der Waals surface area contributed by atoms with Gasteiger partial charge in [0.2, 0.25) is 0 Å². The predicted octanol–water partition coefficient (Wildman–Crippen LogP) is 2.89. The van der Waals surface area contributed by atoms with Gasteiger partial charge >= 0.3 is 0 Å². The maximum absolute atomic E-state index is 6.19. The van der Waals surface area contributed by atoms with Crippen molar-refractivity contribution >= 4 is 5.69 Å². The van der Waals surface area contributed by atoms with Crippen molar-refractivity contribution < 1.29 is 0 Å². The van der Waals surface area contributed by atoms with Gasteiger partial charge in [-0.1, -0.05) is 19.1 Å². The highest BCUT2D eigenvalue weighted by atomic mass is 15.2. The van der Waals surface area contributed by atoms with Crippen molar-refractivity contribution in [3.05, 3.63) is 29.3 Å². The fraction of sp³-hybridized carbons (Fsp3) is 0.667. The molecule has 1 saturated heterocycles. The molecule has 3 rings (SSSR count). The van der Waals surface area contributed by atoms with E-state index in [9.17, 15) is 0 Å². The minimum absolute atomic E-state index is 0.750. The van der Waals surface area contributed by atoms with Crippen LogP contribution in [0.5, 0.6) is 0 Å². The molecule has 0 bridgehead atoms. The van der Waals surface area contributed by atoms with Crippen molar-refractivity contribution in [2.45, 2.75) is 51.6 Å². The summed E-state index contributed by atoms with van der Waals surface area (Å²) in [5, 5.41) is 0. The van der Waals surface area contributed by atoms with E-state index in [4.69, 9.17) is 5.73 Å². The molecule has 0 spiro atoms. The standard InChI is InChI=1S/C18H29N3/c1-2-10-20-11-4-6-16(9-12-20)21-13-8-15-5-3-7-18(19)17(15)14-21/h3,5,7,16H,2,4,6,8-14,19H2,1H3. The second-order valence-corrected chi connectivity index (χ2v) is 6.63. The molecule has 0 radical (unpaired) electrons. The van der Waals surface area contributed by atoms with Gasteiger partial charge in [-0.05, 0) is 68.9 Å². The third-order valence-electron chi connectivity index (χ3n) is 5.19. The highest BCUT2D eigenvalue weighted by Crippen LogP contribution is 2.28. The van der Waals surface area contributed by atoms with Gasteiger partial charge in [0.15, 0.2) is 0 Å². The van der Waals surface area contributed by atoms with Crippen LogP contribution < -0.4 is 5.73 Å². The number of nitrogens with zero attached hydrogens (tertiary/aromatic N) is 2. The molecular formula is C18H29N3. The molecule has 0 aromatic heterocycles. The van der Waals surface area contributed by atoms with Crippen LogP contribution in [0.3, 0.4) is 0 Å². The maximum Gasteiger partial charge on any atom is 0.0362 e. The van der Waals surface area contributed by atoms with Crippen molar-refractivity contribution in [2.75, 3.05) is 31.9 Å². The number of nitrogens with two attached hydrogens (primary N) is 1. The first-order chi connectivity index (χ1) is 10.3. The van der Waals surface area contributed by atoms with Gasteiger partial charge in [0.25, 0.3) is 0 Å². The van der Waals surface area contributed by atoms with Crippen LogP contribution in [0.4, 0.5) is 5.69 Å². The molecule has 0 aliphatic carbocycles. The Kier molecular flexibility index (Phi) is 4.81. The summed E-state index contributed by atoms with van der Waals surface area (Å²) in [4.78, 5) is 5.33. The average Bonchev–Trinajstić information content (AvgIpc) is 2.74. The Balaban J connectivity index is 1.64. The molecule has 3 heteroatoms. The first kappa shape index (κ1) is 14.9. The highest BCUT2D eigenvalue weighted by molar-refractivity contribution is 5.51. The van der Waals surface area contributed by atoms with Crippen molar-refractivity contribution in [3.63, 3.8) is 0 Å². The van der Waals surface area contributed by atoms with E-state index in [1.807, 2.05) is 0 Å². The summed E-state index contributed by atoms with van der Waals surface area (Å²) in [5.41, 5.74) is 10.0. The Labute approximate surface area is 129 Å². The van der Waals surface area contributed by atoms with E-state index in [1.165, 1.54) is 63.0 Å². The lowest BCUT2D eigenvalue weighted by atomic mass is 9.95. The molecule has 1 unspecified atom stereocenters. The molecule has 116 valence electrons. The molecule has 0 amide bonds. The zero-order valence-electron chi connectivity index (χ0n) is 13.4. The third-order valence-corrected chi connectivity index (χ3v) is 5.19. The second-order valence-electron chi connectivity index (χ2n) is 6.63. The highest BCUT2D eigenvalue weighted by Gasteiger charge is 2.26. The van der Waals surface area contributed by atoms with Crippen LogP contribution in [-0.4, -0.2) is 42.0 Å². The Hall–Kier alpha value is -1.06. The van der Waals surface area contributed by atoms with E-state index in [0.717, 1.165) is 24.7 Å². The average molecular weight is 287 g/mol. The minimum atomic E-state index is 0.750. The van der Waals surface area contributed by atoms with Gasteiger partial charge in [-0.2, -0.15) is 0 Å². The Morgan fingerprint density at radius 2 is 2.10 bits per heavy atom. The van der Waals surface area contributed by atoms with Gasteiger partial charge in [0, 0.05) is 24.8 Å². The summed E-state index contributed by atoms with van der Waals surface area (Å²) in [7, 11) is 0. The van der Waals surface area contributed by atoms with Gasteiger partial charge in [-0.25, -0.2) is 0 Å². The van der Waals surface area contributed by atoms with Gasteiger partial charge in [0.05, 0.1) is 0 Å². The number of anilines is 1. The SMILES string of the molecule is CCCN1CCCC(N2CCc3cccc(N)c3C2)CC1. The fourth-order valence-electron chi connectivity index (χ4n) is 3.98. The molecule has 21 heavy (non-hydrogen) atoms. The van der Waals surface area contributed by atoms with Crippen molar-refractivity contribution in [1.82, 2.24) is 9.80 Å². The monoisotopic (exact) mass is 287 g/mol. The summed E-state index contributed by atoms with van der Waals surface area (Å²) < 4.78 is 0. The largest absolute Gasteiger partial charge is 0.398 e. The maximum atomic E-state index is 6.19. The van der Waals surface area contributed by atoms with Crippen LogP contribution in [-0.2, 0) is 13.0 Å². The normalized spacial score (nSPS) is 24.5. The smallest absolute Gasteiger partial charge is 0.0362 e. The number of hydrogen-bond donors (Lipinski definition) is 1. The van der Waals surface area contributed by atoms with Gasteiger partial charge in [-0.3, -0.25) is 4.90 Å². The molecule has 1 fully saturated rings. The Bertz CT molecular complexity index is 472. The molecule has 3 nitrogen and oxygen atoms in total. The lowest BCUT2D eigenvalue weighted by molar-refractivity contribution is 0.161. The Morgan fingerprint density at radius 3 is 2.95 bits per heavy atom. The summed E-state index contributed by atoms with van der Waals surface area (Å²) in [6.45, 7) is 8.37. The van der Waals surface area contributed by atoms with Crippen molar-refractivity contribution in [2.24, 2.45) is 0 Å². The number of benzene rings is 1. The zero-order chi connectivity index (χ0) is 14.7. The zero-order valence-corrected chi connectivity index (χ0v) is 13.4. The number of likely N-dealkylation sites (tertiary alicyclic amines) is 1. The lowest BCUT2D eigenvalue weighted by Crippen LogP contribution is -2.40. The number of nitrogen functional groups attached to an aromatic ring is 1. The summed E-state index contributed by atoms with van der Waals surface area (Å²) in [6.07, 6.45) is 6.45. The number of hydrogen-bond acceptors (Lipinski definition) is 3. The number of rotatable bonds is 3. The van der Waals surface area contributed by atoms with Crippen LogP contribution in [0, 0.1) is 0 Å². The van der Waals surface area contributed by atoms with Gasteiger partial charge in [-0.15, -0.1) is 0 Å². The first-order valence-corrected chi connectivity index (χ1v) is 8.60. The van der Waals surface area contributed by atoms with Gasteiger partial charge < -0.3 is 10.6 Å². The second kappa shape index (κ2) is 6.80. The Morgan fingerprint density at radius 1 is 1.19 bits per heavy atom. The molecule has 1 aromatic carbocycles. The molecule has 2 aliphatic heterocycles. The quantitative estimate of drug-likeness (QED) is 0.868. The first-order valence-electron chi connectivity index (χ1n) is 8.60. The van der Waals surface area contributed by atoms with Crippen molar-refractivity contribution in [1.29, 1.82) is 0 Å². The molecule has 1 aromatic rings. The summed E-state index contributed by atoms with van der Waals surface area (Å²) >= 11 is 0. The van der Waals surface area contributed by atoms with Crippen LogP contribution in [0.1, 0.15) is 43.7 Å². The molecule has 2 heterocycles. The molecule has 1 atom stereocenters. The third kappa shape index (κ3) is 3.41. The van der Waals surface area contributed by atoms with E-state index in [-0.39, 0.29) is 0 Å². The molecule has 2 N–H and O–H groups in total. The van der Waals surface area contributed by atoms with Crippen LogP contribution in [0.25, 0.3) is 0 Å². The van der Waals surface area contributed by atoms with Crippen molar-refractivity contribution in [3.8, 4) is 0 Å². The topological polar surface area (TPSA) is 32.5 Å². The van der Waals surface area contributed by atoms with Crippen LogP contribution in [0.2, 0.25) is 0 Å². The number of fused-ring (bicyclic) bond motifs is 1. The van der Waals surface area contributed by atoms with E-state index in [0.29, 0.717) is 0 Å². The van der Waals surface area contributed by atoms with Crippen LogP contribution >= 0.6 is 0 Å². The van der Waals surface area contributed by atoms with E-state index >= 15 is 0 Å². The summed E-state index contributed by atoms with van der Waals surface area (Å²) in [6, 6.07) is 7.15. The van der Waals surface area contributed by atoms with E-state index in [1.54, 1.807) is 0 Å². The lowest BCUT2D eigenvalue weighted by Gasteiger charge is -2.35.